The Morgan fingerprint density at radius 2 is 2.06 bits per heavy atom. The van der Waals surface area contributed by atoms with Gasteiger partial charge in [0.25, 0.3) is 0 Å². The zero-order chi connectivity index (χ0) is 11.9. The number of nitrogens with zero attached hydrogens (tertiary/aromatic N) is 2. The summed E-state index contributed by atoms with van der Waals surface area (Å²) in [5.74, 6) is 0.735. The van der Waals surface area contributed by atoms with Crippen molar-refractivity contribution in [2.75, 3.05) is 27.2 Å². The van der Waals surface area contributed by atoms with Gasteiger partial charge in [-0.25, -0.2) is 0 Å². The van der Waals surface area contributed by atoms with E-state index in [1.54, 1.807) is 0 Å². The second-order valence-corrected chi connectivity index (χ2v) is 4.94. The minimum absolute atomic E-state index is 0.0404. The van der Waals surface area contributed by atoms with E-state index in [4.69, 9.17) is 0 Å². The highest BCUT2D eigenvalue weighted by atomic mass is 16.2. The molecule has 0 bridgehead atoms. The fraction of sp³-hybridized carbons (Fsp3) is 0.750. The fourth-order valence-electron chi connectivity index (χ4n) is 2.78. The third kappa shape index (κ3) is 1.56. The maximum Gasteiger partial charge on any atom is 0.245 e. The largest absolute Gasteiger partial charge is 0.390 e. The Bertz CT molecular complexity index is 335. The predicted octanol–water partition coefficient (Wildman–Crippen LogP) is 0.620. The molecule has 0 saturated carbocycles. The first-order chi connectivity index (χ1) is 7.56. The number of nitrogens with one attached hydrogen (secondary N) is 1. The van der Waals surface area contributed by atoms with Gasteiger partial charge in [-0.2, -0.15) is 0 Å². The van der Waals surface area contributed by atoms with E-state index in [0.717, 1.165) is 19.5 Å². The summed E-state index contributed by atoms with van der Waals surface area (Å²) < 4.78 is 0. The van der Waals surface area contributed by atoms with Gasteiger partial charge in [0, 0.05) is 45.0 Å². The van der Waals surface area contributed by atoms with E-state index in [1.807, 2.05) is 19.0 Å². The summed E-state index contributed by atoms with van der Waals surface area (Å²) in [6, 6.07) is 0.0404. The van der Waals surface area contributed by atoms with E-state index in [-0.39, 0.29) is 11.9 Å². The highest BCUT2D eigenvalue weighted by Crippen LogP contribution is 2.34. The number of rotatable bonds is 2. The molecule has 0 aromatic carbocycles. The minimum atomic E-state index is 0.0404. The second-order valence-electron chi connectivity index (χ2n) is 4.94. The molecule has 1 fully saturated rings. The lowest BCUT2D eigenvalue weighted by molar-refractivity contribution is -0.138. The molecule has 90 valence electrons. The normalized spacial score (nSPS) is 25.6. The average Bonchev–Trinajstić information content (AvgIpc) is 2.62. The summed E-state index contributed by atoms with van der Waals surface area (Å²) in [5.41, 5.74) is 2.57. The van der Waals surface area contributed by atoms with E-state index in [1.165, 1.54) is 11.4 Å². The summed E-state index contributed by atoms with van der Waals surface area (Å²) in [6.07, 6.45) is 0.840. The Hall–Kier alpha value is -1.19. The van der Waals surface area contributed by atoms with Gasteiger partial charge in [-0.05, 0) is 5.92 Å². The molecule has 1 unspecified atom stereocenters. The van der Waals surface area contributed by atoms with Crippen LogP contribution in [0.15, 0.2) is 11.4 Å². The third-order valence-electron chi connectivity index (χ3n) is 3.58. The molecule has 1 amide bonds. The summed E-state index contributed by atoms with van der Waals surface area (Å²) in [7, 11) is 3.84. The van der Waals surface area contributed by atoms with Crippen molar-refractivity contribution >= 4 is 5.91 Å². The van der Waals surface area contributed by atoms with Crippen molar-refractivity contribution in [1.82, 2.24) is 15.1 Å². The lowest BCUT2D eigenvalue weighted by Gasteiger charge is -2.38. The van der Waals surface area contributed by atoms with Gasteiger partial charge >= 0.3 is 0 Å². The van der Waals surface area contributed by atoms with E-state index >= 15 is 0 Å². The van der Waals surface area contributed by atoms with Crippen LogP contribution in [0.25, 0.3) is 0 Å². The maximum atomic E-state index is 12.1. The fourth-order valence-corrected chi connectivity index (χ4v) is 2.78. The van der Waals surface area contributed by atoms with Gasteiger partial charge in [0.2, 0.25) is 5.91 Å². The Labute approximate surface area is 97.3 Å². The molecule has 2 aliphatic heterocycles. The van der Waals surface area contributed by atoms with Crippen molar-refractivity contribution in [1.29, 1.82) is 0 Å². The number of hydrogen-bond acceptors (Lipinski definition) is 3. The smallest absolute Gasteiger partial charge is 0.245 e. The second kappa shape index (κ2) is 4.00. The Kier molecular flexibility index (Phi) is 2.82. The van der Waals surface area contributed by atoms with Crippen LogP contribution in [0.5, 0.6) is 0 Å². The van der Waals surface area contributed by atoms with Crippen LogP contribution >= 0.6 is 0 Å². The van der Waals surface area contributed by atoms with Crippen LogP contribution in [-0.2, 0) is 4.79 Å². The lowest BCUT2D eigenvalue weighted by atomic mass is 10.1. The van der Waals surface area contributed by atoms with Crippen LogP contribution in [0.4, 0.5) is 0 Å². The van der Waals surface area contributed by atoms with E-state index in [9.17, 15) is 4.79 Å². The molecular formula is C12H21N3O. The molecule has 1 N–H and O–H groups in total. The SMILES string of the molecule is CNC1=C(C(C)C)N2CCN(C)C(=O)C2C1. The molecular weight excluding hydrogens is 202 g/mol. The quantitative estimate of drug-likeness (QED) is 0.745. The van der Waals surface area contributed by atoms with Gasteiger partial charge in [0.05, 0.1) is 0 Å². The van der Waals surface area contributed by atoms with E-state index in [2.05, 4.69) is 24.1 Å². The molecule has 0 spiro atoms. The molecule has 2 rings (SSSR count). The molecule has 0 aromatic rings. The van der Waals surface area contributed by atoms with Gasteiger partial charge < -0.3 is 15.1 Å². The lowest BCUT2D eigenvalue weighted by Crippen LogP contribution is -2.53. The van der Waals surface area contributed by atoms with Crippen molar-refractivity contribution < 1.29 is 4.79 Å². The average molecular weight is 223 g/mol. The van der Waals surface area contributed by atoms with Gasteiger partial charge in [-0.15, -0.1) is 0 Å². The number of allylic oxidation sites excluding steroid dienone is 1. The molecule has 4 nitrogen and oxygen atoms in total. The number of piperazine rings is 1. The topological polar surface area (TPSA) is 35.6 Å². The summed E-state index contributed by atoms with van der Waals surface area (Å²) >= 11 is 0. The minimum Gasteiger partial charge on any atom is -0.390 e. The summed E-state index contributed by atoms with van der Waals surface area (Å²) in [4.78, 5) is 16.2. The van der Waals surface area contributed by atoms with Crippen LogP contribution < -0.4 is 5.32 Å². The Balaban J connectivity index is 2.28. The number of carbonyl (C=O) groups excluding carboxylic acids is 1. The van der Waals surface area contributed by atoms with Gasteiger partial charge in [-0.3, -0.25) is 4.79 Å². The zero-order valence-electron chi connectivity index (χ0n) is 10.6. The van der Waals surface area contributed by atoms with E-state index < -0.39 is 0 Å². The number of likely N-dealkylation sites (N-methyl/N-ethyl adjacent to an activating group) is 1. The molecule has 1 atom stereocenters. The first-order valence-corrected chi connectivity index (χ1v) is 5.98. The zero-order valence-corrected chi connectivity index (χ0v) is 10.6. The third-order valence-corrected chi connectivity index (χ3v) is 3.58. The van der Waals surface area contributed by atoms with Gasteiger partial charge in [0.15, 0.2) is 0 Å². The first-order valence-electron chi connectivity index (χ1n) is 5.98. The standard InChI is InChI=1S/C12H21N3O/c1-8(2)11-9(13-3)7-10-12(16)14(4)5-6-15(10)11/h8,10,13H,5-7H2,1-4H3. The van der Waals surface area contributed by atoms with Crippen molar-refractivity contribution in [2.24, 2.45) is 5.92 Å². The molecule has 0 radical (unpaired) electrons. The van der Waals surface area contributed by atoms with Gasteiger partial charge in [-0.1, -0.05) is 13.8 Å². The molecule has 1 saturated heterocycles. The van der Waals surface area contributed by atoms with E-state index in [0.29, 0.717) is 5.92 Å². The van der Waals surface area contributed by atoms with Crippen LogP contribution in [0.1, 0.15) is 20.3 Å². The molecule has 2 heterocycles. The van der Waals surface area contributed by atoms with Crippen molar-refractivity contribution in [2.45, 2.75) is 26.3 Å². The highest BCUT2D eigenvalue weighted by molar-refractivity contribution is 5.83. The highest BCUT2D eigenvalue weighted by Gasteiger charge is 2.41. The first kappa shape index (κ1) is 11.3. The summed E-state index contributed by atoms with van der Waals surface area (Å²) in [5, 5.41) is 3.25. The van der Waals surface area contributed by atoms with Gasteiger partial charge in [0.1, 0.15) is 6.04 Å². The van der Waals surface area contributed by atoms with Crippen LogP contribution in [0.3, 0.4) is 0 Å². The van der Waals surface area contributed by atoms with Crippen LogP contribution in [0, 0.1) is 5.92 Å². The summed E-state index contributed by atoms with van der Waals surface area (Å²) in [6.45, 7) is 6.18. The monoisotopic (exact) mass is 223 g/mol. The molecule has 0 aliphatic carbocycles. The predicted molar refractivity (Wildman–Crippen MR) is 63.7 cm³/mol. The van der Waals surface area contributed by atoms with Crippen molar-refractivity contribution in [3.05, 3.63) is 11.4 Å². The molecule has 2 aliphatic rings. The Morgan fingerprint density at radius 3 is 2.62 bits per heavy atom. The van der Waals surface area contributed by atoms with Crippen LogP contribution in [-0.4, -0.2) is 48.9 Å². The number of carbonyl (C=O) groups is 1. The van der Waals surface area contributed by atoms with Crippen molar-refractivity contribution in [3.8, 4) is 0 Å². The van der Waals surface area contributed by atoms with Crippen LogP contribution in [0.2, 0.25) is 0 Å². The number of fused-ring (bicyclic) bond motifs is 1. The Morgan fingerprint density at radius 1 is 1.38 bits per heavy atom. The molecule has 4 heteroatoms. The molecule has 0 aromatic heterocycles. The maximum absolute atomic E-state index is 12.1. The molecule has 16 heavy (non-hydrogen) atoms. The number of hydrogen-bond donors (Lipinski definition) is 1. The van der Waals surface area contributed by atoms with Crippen molar-refractivity contribution in [3.63, 3.8) is 0 Å². The number of amides is 1.